The summed E-state index contributed by atoms with van der Waals surface area (Å²) in [6, 6.07) is 0.637. The molecule has 1 fully saturated rings. The van der Waals surface area contributed by atoms with Gasteiger partial charge in [0.1, 0.15) is 18.1 Å². The van der Waals surface area contributed by atoms with Crippen LogP contribution in [-0.2, 0) is 4.74 Å². The second kappa shape index (κ2) is 13.8. The van der Waals surface area contributed by atoms with Crippen LogP contribution in [-0.4, -0.2) is 58.2 Å². The Bertz CT molecular complexity index is 1090. The van der Waals surface area contributed by atoms with E-state index in [0.29, 0.717) is 11.3 Å². The third-order valence-corrected chi connectivity index (χ3v) is 6.88. The van der Waals surface area contributed by atoms with Crippen molar-refractivity contribution in [2.24, 2.45) is 0 Å². The maximum Gasteiger partial charge on any atom is 0.405 e. The van der Waals surface area contributed by atoms with E-state index in [1.54, 1.807) is 11.8 Å². The van der Waals surface area contributed by atoms with Gasteiger partial charge >= 0.3 is 12.1 Å². The van der Waals surface area contributed by atoms with Crippen LogP contribution in [0, 0.1) is 0 Å². The number of anilines is 1. The molecule has 0 bridgehead atoms. The number of esters is 1. The van der Waals surface area contributed by atoms with E-state index < -0.39 is 42.4 Å². The van der Waals surface area contributed by atoms with Crippen LogP contribution < -0.4 is 5.32 Å². The van der Waals surface area contributed by atoms with Gasteiger partial charge in [-0.3, -0.25) is 4.79 Å². The molecular formula is C25H33F5N4O3S. The molecule has 3 rings (SSSR count). The Labute approximate surface area is 222 Å². The standard InChI is InChI=1S/C23H27F5N4O3S.C2H6/c1-4-6-13-8-7-12(3)32(13)21(33)17-18(36-20(31-17)22(34)35-5-2)15-10-29-16(9-14(15)19(24)25)30-11-23(26,27)28;1-2/h9-10,12-13,19H,4-8,11H2,1-3H3,(H,29,30);1-2H3. The molecule has 1 aliphatic rings. The first-order valence-electron chi connectivity index (χ1n) is 12.6. The largest absolute Gasteiger partial charge is 0.461 e. The van der Waals surface area contributed by atoms with Crippen LogP contribution in [0.25, 0.3) is 10.4 Å². The summed E-state index contributed by atoms with van der Waals surface area (Å²) in [5.41, 5.74) is -1.00. The van der Waals surface area contributed by atoms with E-state index in [9.17, 15) is 31.5 Å². The Morgan fingerprint density at radius 2 is 1.92 bits per heavy atom. The van der Waals surface area contributed by atoms with Crippen LogP contribution in [0.3, 0.4) is 0 Å². The van der Waals surface area contributed by atoms with Crippen molar-refractivity contribution in [1.82, 2.24) is 14.9 Å². The molecular weight excluding hydrogens is 531 g/mol. The van der Waals surface area contributed by atoms with Crippen molar-refractivity contribution in [3.63, 3.8) is 0 Å². The minimum atomic E-state index is -4.57. The molecule has 7 nitrogen and oxygen atoms in total. The summed E-state index contributed by atoms with van der Waals surface area (Å²) in [5.74, 6) is -1.71. The lowest BCUT2D eigenvalue weighted by molar-refractivity contribution is -0.115. The van der Waals surface area contributed by atoms with Crippen LogP contribution in [0.1, 0.15) is 92.6 Å². The highest BCUT2D eigenvalue weighted by atomic mass is 32.1. The summed E-state index contributed by atoms with van der Waals surface area (Å²) in [6.45, 7) is 8.06. The summed E-state index contributed by atoms with van der Waals surface area (Å²) in [7, 11) is 0. The molecule has 2 aromatic heterocycles. The Balaban J connectivity index is 0.00000247. The number of carbonyl (C=O) groups excluding carboxylic acids is 2. The van der Waals surface area contributed by atoms with Crippen LogP contribution in [0.2, 0.25) is 0 Å². The third kappa shape index (κ3) is 7.61. The number of hydrogen-bond acceptors (Lipinski definition) is 7. The van der Waals surface area contributed by atoms with Gasteiger partial charge in [-0.05, 0) is 39.2 Å². The average Bonchev–Trinajstić information content (AvgIpc) is 3.47. The number of thiazole rings is 1. The number of alkyl halides is 5. The van der Waals surface area contributed by atoms with E-state index in [2.05, 4.69) is 9.97 Å². The summed E-state index contributed by atoms with van der Waals surface area (Å²) in [6.07, 6.45) is -3.55. The van der Waals surface area contributed by atoms with Crippen LogP contribution >= 0.6 is 11.3 Å². The number of nitrogens with one attached hydrogen (secondary N) is 1. The molecule has 0 aromatic carbocycles. The fourth-order valence-corrected chi connectivity index (χ4v) is 5.22. The summed E-state index contributed by atoms with van der Waals surface area (Å²) < 4.78 is 70.7. The zero-order valence-corrected chi connectivity index (χ0v) is 22.8. The van der Waals surface area contributed by atoms with E-state index in [0.717, 1.165) is 37.9 Å². The number of rotatable bonds is 9. The molecule has 2 unspecified atom stereocenters. The fraction of sp³-hybridized carbons (Fsp3) is 0.600. The van der Waals surface area contributed by atoms with E-state index >= 15 is 0 Å². The van der Waals surface area contributed by atoms with Crippen molar-refractivity contribution in [2.75, 3.05) is 18.5 Å². The third-order valence-electron chi connectivity index (χ3n) is 5.81. The Morgan fingerprint density at radius 1 is 1.24 bits per heavy atom. The molecule has 0 aliphatic carbocycles. The van der Waals surface area contributed by atoms with Gasteiger partial charge in [-0.25, -0.2) is 23.5 Å². The monoisotopic (exact) mass is 564 g/mol. The van der Waals surface area contributed by atoms with Crippen LogP contribution in [0.4, 0.5) is 27.8 Å². The number of carbonyl (C=O) groups is 2. The normalized spacial score (nSPS) is 17.3. The SMILES string of the molecule is CC.CCCC1CCC(C)N1C(=O)c1nc(C(=O)OCC)sc1-c1cnc(NCC(F)(F)F)cc1C(F)F. The van der Waals surface area contributed by atoms with Crippen molar-refractivity contribution in [2.45, 2.75) is 85.0 Å². The van der Waals surface area contributed by atoms with Gasteiger partial charge in [0.25, 0.3) is 12.3 Å². The lowest BCUT2D eigenvalue weighted by Crippen LogP contribution is -2.40. The number of aromatic nitrogens is 2. The summed E-state index contributed by atoms with van der Waals surface area (Å²) in [5, 5.41) is 1.79. The Morgan fingerprint density at radius 3 is 2.50 bits per heavy atom. The molecule has 0 saturated carbocycles. The summed E-state index contributed by atoms with van der Waals surface area (Å²) in [4.78, 5) is 35.7. The topological polar surface area (TPSA) is 84.4 Å². The van der Waals surface area contributed by atoms with Gasteiger partial charge < -0.3 is 15.0 Å². The van der Waals surface area contributed by atoms with Crippen LogP contribution in [0.15, 0.2) is 12.3 Å². The van der Waals surface area contributed by atoms with Crippen molar-refractivity contribution in [1.29, 1.82) is 0 Å². The van der Waals surface area contributed by atoms with Gasteiger partial charge in [-0.15, -0.1) is 11.3 Å². The first-order valence-corrected chi connectivity index (χ1v) is 13.4. The first-order chi connectivity index (χ1) is 18.0. The first kappa shape index (κ1) is 31.4. The zero-order chi connectivity index (χ0) is 28.6. The predicted octanol–water partition coefficient (Wildman–Crippen LogP) is 7.11. The predicted molar refractivity (Wildman–Crippen MR) is 136 cm³/mol. The van der Waals surface area contributed by atoms with E-state index in [1.807, 2.05) is 33.0 Å². The highest BCUT2D eigenvalue weighted by molar-refractivity contribution is 7.17. The van der Waals surface area contributed by atoms with Gasteiger partial charge in [0.15, 0.2) is 0 Å². The molecule has 0 spiro atoms. The number of nitrogens with zero attached hydrogens (tertiary/aromatic N) is 3. The molecule has 38 heavy (non-hydrogen) atoms. The quantitative estimate of drug-likeness (QED) is 0.258. The average molecular weight is 565 g/mol. The maximum atomic E-state index is 14.0. The number of halogens is 5. The highest BCUT2D eigenvalue weighted by Crippen LogP contribution is 2.40. The molecule has 2 aromatic rings. The molecule has 13 heteroatoms. The minimum absolute atomic E-state index is 0.0115. The van der Waals surface area contributed by atoms with Crippen molar-refractivity contribution in [3.8, 4) is 10.4 Å². The number of likely N-dealkylation sites (tertiary alicyclic amines) is 1. The van der Waals surface area contributed by atoms with Crippen LogP contribution in [0.5, 0.6) is 0 Å². The van der Waals surface area contributed by atoms with Gasteiger partial charge in [0, 0.05) is 29.4 Å². The molecule has 212 valence electrons. The van der Waals surface area contributed by atoms with E-state index in [1.165, 1.54) is 0 Å². The van der Waals surface area contributed by atoms with Crippen molar-refractivity contribution in [3.05, 3.63) is 28.5 Å². The second-order valence-electron chi connectivity index (χ2n) is 8.42. The highest BCUT2D eigenvalue weighted by Gasteiger charge is 2.38. The Kier molecular flexibility index (Phi) is 11.4. The number of pyridine rings is 1. The molecule has 3 heterocycles. The molecule has 1 N–H and O–H groups in total. The van der Waals surface area contributed by atoms with E-state index in [4.69, 9.17) is 4.74 Å². The zero-order valence-electron chi connectivity index (χ0n) is 22.0. The van der Waals surface area contributed by atoms with Gasteiger partial charge in [0.05, 0.1) is 11.5 Å². The molecule has 0 radical (unpaired) electrons. The van der Waals surface area contributed by atoms with Gasteiger partial charge in [0.2, 0.25) is 5.01 Å². The van der Waals surface area contributed by atoms with Gasteiger partial charge in [-0.2, -0.15) is 13.2 Å². The molecule has 2 atom stereocenters. The van der Waals surface area contributed by atoms with Crippen molar-refractivity contribution < 1.29 is 36.3 Å². The van der Waals surface area contributed by atoms with Gasteiger partial charge in [-0.1, -0.05) is 27.2 Å². The molecule has 1 amide bonds. The maximum absolute atomic E-state index is 14.0. The number of ether oxygens (including phenoxy) is 1. The van der Waals surface area contributed by atoms with E-state index in [-0.39, 0.29) is 39.8 Å². The molecule has 1 saturated heterocycles. The summed E-state index contributed by atoms with van der Waals surface area (Å²) >= 11 is 0.712. The lowest BCUT2D eigenvalue weighted by atomic mass is 10.1. The Hall–Kier alpha value is -2.83. The lowest BCUT2D eigenvalue weighted by Gasteiger charge is -2.28. The number of hydrogen-bond donors (Lipinski definition) is 1. The second-order valence-corrected chi connectivity index (χ2v) is 9.42. The molecule has 1 aliphatic heterocycles. The minimum Gasteiger partial charge on any atom is -0.461 e. The van der Waals surface area contributed by atoms with Crippen molar-refractivity contribution >= 4 is 29.0 Å². The smallest absolute Gasteiger partial charge is 0.405 e. The number of amides is 1. The fourth-order valence-electron chi connectivity index (χ4n) is 4.23.